The highest BCUT2D eigenvalue weighted by molar-refractivity contribution is 7.92. The molecule has 13 nitrogen and oxygen atoms in total. The van der Waals surface area contributed by atoms with E-state index in [4.69, 9.17) is 21.1 Å². The van der Waals surface area contributed by atoms with E-state index < -0.39 is 49.5 Å². The normalized spacial score (nSPS) is 14.5. The first-order valence-corrected chi connectivity index (χ1v) is 13.7. The van der Waals surface area contributed by atoms with Gasteiger partial charge in [-0.25, -0.2) is 18.0 Å². The summed E-state index contributed by atoms with van der Waals surface area (Å²) in [5.41, 5.74) is -0.874. The lowest BCUT2D eigenvalue weighted by Gasteiger charge is -2.23. The number of rotatable bonds is 9. The van der Waals surface area contributed by atoms with E-state index >= 15 is 0 Å². The van der Waals surface area contributed by atoms with Gasteiger partial charge >= 0.3 is 12.0 Å². The number of sulfonamides is 1. The zero-order valence-electron chi connectivity index (χ0n) is 21.1. The predicted molar refractivity (Wildman–Crippen MR) is 140 cm³/mol. The summed E-state index contributed by atoms with van der Waals surface area (Å²) in [5, 5.41) is 15.7. The zero-order chi connectivity index (χ0) is 28.7. The predicted octanol–water partition coefficient (Wildman–Crippen LogP) is 3.76. The number of nitrogens with one attached hydrogen (secondary N) is 3. The SMILES string of the molecule is COc1ccc([N+](=O)[O-])cc1NS(=O)(=O)c1cc(C(=O)O[C@@H](C)C(=O)NC(=O)NC2CCCCC2)ccc1Cl. The summed E-state index contributed by atoms with van der Waals surface area (Å²) in [6, 6.07) is 5.85. The van der Waals surface area contributed by atoms with E-state index in [1.54, 1.807) is 0 Å². The van der Waals surface area contributed by atoms with Gasteiger partial charge in [0.1, 0.15) is 10.6 Å². The Morgan fingerprint density at radius 3 is 2.44 bits per heavy atom. The maximum Gasteiger partial charge on any atom is 0.338 e. The molecule has 2 aromatic carbocycles. The van der Waals surface area contributed by atoms with Gasteiger partial charge in [-0.15, -0.1) is 0 Å². The molecular weight excluding hydrogens is 556 g/mol. The first kappa shape index (κ1) is 29.6. The van der Waals surface area contributed by atoms with E-state index in [-0.39, 0.29) is 28.1 Å². The number of amides is 3. The van der Waals surface area contributed by atoms with E-state index in [1.807, 2.05) is 0 Å². The molecule has 210 valence electrons. The average Bonchev–Trinajstić information content (AvgIpc) is 2.88. The Kier molecular flexibility index (Phi) is 9.70. The van der Waals surface area contributed by atoms with Crippen LogP contribution in [0.5, 0.6) is 5.75 Å². The highest BCUT2D eigenvalue weighted by atomic mass is 35.5. The number of halogens is 1. The van der Waals surface area contributed by atoms with Crippen LogP contribution >= 0.6 is 11.6 Å². The average molecular weight is 583 g/mol. The third kappa shape index (κ3) is 7.80. The molecule has 0 spiro atoms. The molecule has 0 unspecified atom stereocenters. The number of hydrogen-bond donors (Lipinski definition) is 3. The molecule has 1 fully saturated rings. The lowest BCUT2D eigenvalue weighted by molar-refractivity contribution is -0.384. The standard InChI is InChI=1S/C24H27ClN4O9S/c1-14(22(30)27-24(32)26-16-6-4-3-5-7-16)38-23(31)15-8-10-18(25)21(12-15)39(35,36)28-19-13-17(29(33)34)9-11-20(19)37-2/h8-14,16,28H,3-7H2,1-2H3,(H2,26,27,30,32)/t14-/m0/s1. The van der Waals surface area contributed by atoms with Crippen LogP contribution < -0.4 is 20.1 Å². The van der Waals surface area contributed by atoms with Crippen LogP contribution in [0.2, 0.25) is 5.02 Å². The lowest BCUT2D eigenvalue weighted by atomic mass is 9.96. The molecule has 0 saturated heterocycles. The lowest BCUT2D eigenvalue weighted by Crippen LogP contribution is -2.48. The van der Waals surface area contributed by atoms with Crippen molar-refractivity contribution in [2.24, 2.45) is 0 Å². The summed E-state index contributed by atoms with van der Waals surface area (Å²) in [7, 11) is -3.22. The summed E-state index contributed by atoms with van der Waals surface area (Å²) < 4.78 is 38.5. The van der Waals surface area contributed by atoms with Gasteiger partial charge in [-0.1, -0.05) is 30.9 Å². The van der Waals surface area contributed by atoms with Crippen LogP contribution in [0.1, 0.15) is 49.4 Å². The van der Waals surface area contributed by atoms with E-state index in [2.05, 4.69) is 15.4 Å². The number of esters is 1. The number of imide groups is 1. The maximum absolute atomic E-state index is 13.1. The monoisotopic (exact) mass is 582 g/mol. The summed E-state index contributed by atoms with van der Waals surface area (Å²) in [4.78, 5) is 47.0. The van der Waals surface area contributed by atoms with Crippen LogP contribution in [0.25, 0.3) is 0 Å². The number of non-ortho nitro benzene ring substituents is 1. The van der Waals surface area contributed by atoms with Gasteiger partial charge in [0, 0.05) is 18.2 Å². The summed E-state index contributed by atoms with van der Waals surface area (Å²) in [6.07, 6.45) is 3.32. The fraction of sp³-hybridized carbons (Fsp3) is 0.375. The molecule has 2 aromatic rings. The number of carbonyl (C=O) groups is 3. The molecule has 3 N–H and O–H groups in total. The smallest absolute Gasteiger partial charge is 0.338 e. The Morgan fingerprint density at radius 1 is 1.10 bits per heavy atom. The molecule has 15 heteroatoms. The topological polar surface area (TPSA) is 183 Å². The van der Waals surface area contributed by atoms with Gasteiger partial charge in [0.05, 0.1) is 28.3 Å². The molecule has 1 saturated carbocycles. The van der Waals surface area contributed by atoms with E-state index in [0.717, 1.165) is 56.4 Å². The van der Waals surface area contributed by atoms with Crippen molar-refractivity contribution in [1.29, 1.82) is 0 Å². The van der Waals surface area contributed by atoms with Gasteiger partial charge in [0.25, 0.3) is 21.6 Å². The molecule has 0 heterocycles. The molecule has 1 aliphatic carbocycles. The number of ether oxygens (including phenoxy) is 2. The number of methoxy groups -OCH3 is 1. The first-order valence-electron chi connectivity index (χ1n) is 11.9. The van der Waals surface area contributed by atoms with Crippen molar-refractivity contribution >= 4 is 50.9 Å². The second-order valence-electron chi connectivity index (χ2n) is 8.74. The highest BCUT2D eigenvalue weighted by Crippen LogP contribution is 2.32. The Morgan fingerprint density at radius 2 is 1.79 bits per heavy atom. The van der Waals surface area contributed by atoms with Crippen molar-refractivity contribution in [3.8, 4) is 5.75 Å². The molecule has 0 bridgehead atoms. The molecule has 1 aliphatic rings. The number of hydrogen-bond acceptors (Lipinski definition) is 9. The minimum atomic E-state index is -4.47. The Hall–Kier alpha value is -3.91. The molecular formula is C24H27ClN4O9S. The van der Waals surface area contributed by atoms with Crippen LogP contribution in [-0.2, 0) is 19.6 Å². The molecule has 1 atom stereocenters. The van der Waals surface area contributed by atoms with Crippen molar-refractivity contribution in [3.63, 3.8) is 0 Å². The quantitative estimate of drug-likeness (QED) is 0.225. The number of benzene rings is 2. The largest absolute Gasteiger partial charge is 0.495 e. The fourth-order valence-corrected chi connectivity index (χ4v) is 5.48. The van der Waals surface area contributed by atoms with Crippen LogP contribution in [-0.4, -0.2) is 50.5 Å². The van der Waals surface area contributed by atoms with Crippen molar-refractivity contribution in [2.75, 3.05) is 11.8 Å². The van der Waals surface area contributed by atoms with Crippen molar-refractivity contribution in [3.05, 3.63) is 57.1 Å². The third-order valence-corrected chi connectivity index (χ3v) is 7.77. The molecule has 39 heavy (non-hydrogen) atoms. The van der Waals surface area contributed by atoms with Gasteiger partial charge in [-0.05, 0) is 44.0 Å². The Balaban J connectivity index is 1.71. The van der Waals surface area contributed by atoms with Gasteiger partial charge in [0.2, 0.25) is 0 Å². The van der Waals surface area contributed by atoms with Gasteiger partial charge in [-0.2, -0.15) is 0 Å². The summed E-state index contributed by atoms with van der Waals surface area (Å²) in [6.45, 7) is 1.25. The highest BCUT2D eigenvalue weighted by Gasteiger charge is 2.26. The van der Waals surface area contributed by atoms with Crippen LogP contribution in [0.4, 0.5) is 16.2 Å². The second-order valence-corrected chi connectivity index (χ2v) is 10.8. The van der Waals surface area contributed by atoms with Gasteiger partial charge < -0.3 is 14.8 Å². The minimum Gasteiger partial charge on any atom is -0.495 e. The summed E-state index contributed by atoms with van der Waals surface area (Å²) in [5.74, 6) is -1.91. The van der Waals surface area contributed by atoms with Crippen molar-refractivity contribution in [1.82, 2.24) is 10.6 Å². The number of nitrogens with zero attached hydrogens (tertiary/aromatic N) is 1. The Bertz CT molecular complexity index is 1380. The Labute approximate surface area is 229 Å². The minimum absolute atomic E-state index is 0.00298. The van der Waals surface area contributed by atoms with E-state index in [9.17, 15) is 32.9 Å². The number of carbonyl (C=O) groups excluding carboxylic acids is 3. The van der Waals surface area contributed by atoms with E-state index in [1.165, 1.54) is 26.2 Å². The van der Waals surface area contributed by atoms with Crippen LogP contribution in [0.3, 0.4) is 0 Å². The van der Waals surface area contributed by atoms with Crippen molar-refractivity contribution < 1.29 is 37.2 Å². The maximum atomic E-state index is 13.1. The number of nitro benzene ring substituents is 1. The summed E-state index contributed by atoms with van der Waals surface area (Å²) >= 11 is 6.08. The zero-order valence-corrected chi connectivity index (χ0v) is 22.6. The van der Waals surface area contributed by atoms with Crippen LogP contribution in [0, 0.1) is 10.1 Å². The molecule has 3 rings (SSSR count). The molecule has 0 aromatic heterocycles. The van der Waals surface area contributed by atoms with Crippen LogP contribution in [0.15, 0.2) is 41.3 Å². The number of anilines is 1. The number of nitro groups is 1. The van der Waals surface area contributed by atoms with E-state index in [0.29, 0.717) is 0 Å². The van der Waals surface area contributed by atoms with Gasteiger partial charge in [-0.3, -0.25) is 24.9 Å². The molecule has 0 aliphatic heterocycles. The van der Waals surface area contributed by atoms with Crippen molar-refractivity contribution in [2.45, 2.75) is 56.1 Å². The first-order chi connectivity index (χ1) is 18.4. The molecule has 0 radical (unpaired) electrons. The molecule has 3 amide bonds. The second kappa shape index (κ2) is 12.8. The van der Waals surface area contributed by atoms with Gasteiger partial charge in [0.15, 0.2) is 6.10 Å². The number of urea groups is 1. The fourth-order valence-electron chi connectivity index (χ4n) is 3.89. The third-order valence-electron chi connectivity index (χ3n) is 5.92.